The molecular formula is C13H28O. The topological polar surface area (TPSA) is 20.2 Å². The van der Waals surface area contributed by atoms with Crippen LogP contribution in [-0.2, 0) is 0 Å². The van der Waals surface area contributed by atoms with Gasteiger partial charge < -0.3 is 5.11 Å². The molecular weight excluding hydrogens is 172 g/mol. The smallest absolute Gasteiger partial charge is 0.0563 e. The van der Waals surface area contributed by atoms with Crippen molar-refractivity contribution in [3.63, 3.8) is 0 Å². The number of aliphatic hydroxyl groups is 1. The Balaban J connectivity index is 3.18. The fraction of sp³-hybridized carbons (Fsp3) is 1.00. The summed E-state index contributed by atoms with van der Waals surface area (Å²) in [7, 11) is 0. The fourth-order valence-corrected chi connectivity index (χ4v) is 1.84. The summed E-state index contributed by atoms with van der Waals surface area (Å²) >= 11 is 0. The van der Waals surface area contributed by atoms with Crippen molar-refractivity contribution in [1.82, 2.24) is 0 Å². The molecule has 0 heterocycles. The van der Waals surface area contributed by atoms with Crippen molar-refractivity contribution in [2.45, 2.75) is 78.2 Å². The highest BCUT2D eigenvalue weighted by Crippen LogP contribution is 2.16. The molecule has 0 rings (SSSR count). The molecule has 0 spiro atoms. The number of unbranched alkanes of at least 4 members (excludes halogenated alkanes) is 5. The second kappa shape index (κ2) is 9.51. The van der Waals surface area contributed by atoms with E-state index in [4.69, 9.17) is 0 Å². The van der Waals surface area contributed by atoms with Crippen molar-refractivity contribution in [1.29, 1.82) is 0 Å². The van der Waals surface area contributed by atoms with Gasteiger partial charge in [0.05, 0.1) is 6.10 Å². The quantitative estimate of drug-likeness (QED) is 0.554. The second-order valence-corrected chi connectivity index (χ2v) is 4.51. The Labute approximate surface area is 89.9 Å². The molecule has 86 valence electrons. The van der Waals surface area contributed by atoms with Crippen molar-refractivity contribution in [3.8, 4) is 0 Å². The van der Waals surface area contributed by atoms with E-state index >= 15 is 0 Å². The Bertz CT molecular complexity index is 112. The zero-order chi connectivity index (χ0) is 10.8. The molecule has 0 aromatic carbocycles. The van der Waals surface area contributed by atoms with Gasteiger partial charge in [0.15, 0.2) is 0 Å². The summed E-state index contributed by atoms with van der Waals surface area (Å²) in [5.74, 6) is 0.492. The van der Waals surface area contributed by atoms with Crippen LogP contribution in [0.2, 0.25) is 0 Å². The summed E-state index contributed by atoms with van der Waals surface area (Å²) < 4.78 is 0. The molecule has 0 aliphatic heterocycles. The first-order valence-corrected chi connectivity index (χ1v) is 6.40. The molecule has 0 aliphatic carbocycles. The van der Waals surface area contributed by atoms with Crippen molar-refractivity contribution in [2.24, 2.45) is 5.92 Å². The first-order chi connectivity index (χ1) is 6.72. The van der Waals surface area contributed by atoms with Gasteiger partial charge in [-0.2, -0.15) is 0 Å². The van der Waals surface area contributed by atoms with Crippen LogP contribution in [0.1, 0.15) is 72.1 Å². The predicted octanol–water partition coefficient (Wildman–Crippen LogP) is 4.14. The molecule has 1 N–H and O–H groups in total. The molecule has 2 atom stereocenters. The van der Waals surface area contributed by atoms with Crippen LogP contribution in [0.15, 0.2) is 0 Å². The van der Waals surface area contributed by atoms with E-state index in [0.29, 0.717) is 5.92 Å². The lowest BCUT2D eigenvalue weighted by molar-refractivity contribution is 0.106. The Kier molecular flexibility index (Phi) is 9.49. The number of hydrogen-bond acceptors (Lipinski definition) is 1. The molecule has 0 bridgehead atoms. The minimum absolute atomic E-state index is 0.0781. The van der Waals surface area contributed by atoms with Gasteiger partial charge in [0, 0.05) is 0 Å². The molecule has 0 amide bonds. The van der Waals surface area contributed by atoms with Crippen LogP contribution in [0, 0.1) is 5.92 Å². The molecule has 0 radical (unpaired) electrons. The van der Waals surface area contributed by atoms with Gasteiger partial charge in [-0.3, -0.25) is 0 Å². The van der Waals surface area contributed by atoms with E-state index in [-0.39, 0.29) is 6.10 Å². The van der Waals surface area contributed by atoms with Crippen molar-refractivity contribution in [2.75, 3.05) is 0 Å². The minimum atomic E-state index is -0.0781. The van der Waals surface area contributed by atoms with Gasteiger partial charge in [-0.05, 0) is 18.8 Å². The summed E-state index contributed by atoms with van der Waals surface area (Å²) in [6, 6.07) is 0. The highest BCUT2D eigenvalue weighted by atomic mass is 16.3. The molecule has 0 aliphatic rings. The lowest BCUT2D eigenvalue weighted by Gasteiger charge is -2.16. The third-order valence-corrected chi connectivity index (χ3v) is 3.09. The van der Waals surface area contributed by atoms with E-state index < -0.39 is 0 Å². The normalized spacial score (nSPS) is 15.4. The third kappa shape index (κ3) is 7.37. The minimum Gasteiger partial charge on any atom is -0.393 e. The zero-order valence-electron chi connectivity index (χ0n) is 10.3. The molecule has 0 saturated carbocycles. The highest BCUT2D eigenvalue weighted by Gasteiger charge is 2.10. The molecule has 0 saturated heterocycles. The van der Waals surface area contributed by atoms with Gasteiger partial charge in [0.2, 0.25) is 0 Å². The Morgan fingerprint density at radius 3 is 2.07 bits per heavy atom. The molecule has 14 heavy (non-hydrogen) atoms. The molecule has 0 aromatic heterocycles. The molecule has 0 aromatic rings. The van der Waals surface area contributed by atoms with Crippen molar-refractivity contribution >= 4 is 0 Å². The van der Waals surface area contributed by atoms with Gasteiger partial charge in [-0.1, -0.05) is 59.3 Å². The van der Waals surface area contributed by atoms with Crippen LogP contribution in [0.5, 0.6) is 0 Å². The van der Waals surface area contributed by atoms with E-state index in [9.17, 15) is 5.11 Å². The monoisotopic (exact) mass is 200 g/mol. The Hall–Kier alpha value is -0.0400. The van der Waals surface area contributed by atoms with Gasteiger partial charge in [-0.25, -0.2) is 0 Å². The summed E-state index contributed by atoms with van der Waals surface area (Å²) in [5.41, 5.74) is 0. The molecule has 0 fully saturated rings. The maximum Gasteiger partial charge on any atom is 0.0563 e. The van der Waals surface area contributed by atoms with Crippen molar-refractivity contribution < 1.29 is 5.11 Å². The standard InChI is InChI=1S/C13H28O/c1-4-6-7-8-9-10-11-12(3)13(14)5-2/h12-14H,4-11H2,1-3H3. The van der Waals surface area contributed by atoms with Crippen LogP contribution in [0.3, 0.4) is 0 Å². The predicted molar refractivity (Wildman–Crippen MR) is 63.5 cm³/mol. The van der Waals surface area contributed by atoms with Gasteiger partial charge in [0.1, 0.15) is 0 Å². The Morgan fingerprint density at radius 2 is 1.50 bits per heavy atom. The van der Waals surface area contributed by atoms with Crippen LogP contribution in [-0.4, -0.2) is 11.2 Å². The first kappa shape index (κ1) is 14.0. The lowest BCUT2D eigenvalue weighted by Crippen LogP contribution is -2.15. The number of rotatable bonds is 9. The summed E-state index contributed by atoms with van der Waals surface area (Å²) in [4.78, 5) is 0. The van der Waals surface area contributed by atoms with E-state index in [1.165, 1.54) is 44.9 Å². The summed E-state index contributed by atoms with van der Waals surface area (Å²) in [6.45, 7) is 6.47. The third-order valence-electron chi connectivity index (χ3n) is 3.09. The number of aliphatic hydroxyl groups excluding tert-OH is 1. The highest BCUT2D eigenvalue weighted by molar-refractivity contribution is 4.62. The summed E-state index contributed by atoms with van der Waals surface area (Å²) in [6.07, 6.45) is 10.1. The molecule has 1 heteroatoms. The Morgan fingerprint density at radius 1 is 0.929 bits per heavy atom. The van der Waals surface area contributed by atoms with Crippen LogP contribution < -0.4 is 0 Å². The van der Waals surface area contributed by atoms with E-state index in [0.717, 1.165) is 6.42 Å². The van der Waals surface area contributed by atoms with Crippen LogP contribution >= 0.6 is 0 Å². The van der Waals surface area contributed by atoms with Gasteiger partial charge in [-0.15, -0.1) is 0 Å². The average Bonchev–Trinajstić information content (AvgIpc) is 2.21. The number of hydrogen-bond donors (Lipinski definition) is 1. The van der Waals surface area contributed by atoms with Crippen molar-refractivity contribution in [3.05, 3.63) is 0 Å². The lowest BCUT2D eigenvalue weighted by atomic mass is 9.95. The van der Waals surface area contributed by atoms with Gasteiger partial charge in [0.25, 0.3) is 0 Å². The van der Waals surface area contributed by atoms with Crippen LogP contribution in [0.25, 0.3) is 0 Å². The van der Waals surface area contributed by atoms with Gasteiger partial charge >= 0.3 is 0 Å². The van der Waals surface area contributed by atoms with Crippen LogP contribution in [0.4, 0.5) is 0 Å². The molecule has 2 unspecified atom stereocenters. The largest absolute Gasteiger partial charge is 0.393 e. The maximum absolute atomic E-state index is 9.57. The first-order valence-electron chi connectivity index (χ1n) is 6.40. The van der Waals surface area contributed by atoms with E-state index in [1.54, 1.807) is 0 Å². The molecule has 1 nitrogen and oxygen atoms in total. The zero-order valence-corrected chi connectivity index (χ0v) is 10.3. The fourth-order valence-electron chi connectivity index (χ4n) is 1.84. The van der Waals surface area contributed by atoms with E-state index in [1.807, 2.05) is 0 Å². The van der Waals surface area contributed by atoms with E-state index in [2.05, 4.69) is 20.8 Å². The second-order valence-electron chi connectivity index (χ2n) is 4.51. The summed E-state index contributed by atoms with van der Waals surface area (Å²) in [5, 5.41) is 9.57. The SMILES string of the molecule is CCCCCCCCC(C)C(O)CC. The average molecular weight is 200 g/mol. The maximum atomic E-state index is 9.57.